The molecule has 1 aromatic carbocycles. The summed E-state index contributed by atoms with van der Waals surface area (Å²) in [5.41, 5.74) is 10.7. The fraction of sp³-hybridized carbons (Fsp3) is 0.438. The second-order valence-corrected chi connectivity index (χ2v) is 6.93. The number of aryl methyl sites for hydroxylation is 3. The summed E-state index contributed by atoms with van der Waals surface area (Å²) in [6.45, 7) is 0. The zero-order valence-corrected chi connectivity index (χ0v) is 11.8. The number of hydrogen-bond acceptors (Lipinski definition) is 3. The Morgan fingerprint density at radius 3 is 2.79 bits per heavy atom. The molecule has 2 nitrogen and oxygen atoms in total. The van der Waals surface area contributed by atoms with Crippen LogP contribution in [0, 0.1) is 0 Å². The second kappa shape index (κ2) is 4.15. The second-order valence-electron chi connectivity index (χ2n) is 5.84. The van der Waals surface area contributed by atoms with Crippen molar-refractivity contribution < 1.29 is 0 Å². The molecule has 1 unspecified atom stereocenters. The van der Waals surface area contributed by atoms with Gasteiger partial charge in [0.15, 0.2) is 0 Å². The highest BCUT2D eigenvalue weighted by atomic mass is 32.1. The largest absolute Gasteiger partial charge is 0.319 e. The maximum absolute atomic E-state index is 6.70. The van der Waals surface area contributed by atoms with Crippen LogP contribution in [0.4, 0.5) is 0 Å². The number of thiazole rings is 1. The average molecular weight is 270 g/mol. The molecule has 3 heteroatoms. The number of nitrogens with two attached hydrogens (primary N) is 1. The van der Waals surface area contributed by atoms with Crippen molar-refractivity contribution in [1.29, 1.82) is 0 Å². The monoisotopic (exact) mass is 270 g/mol. The van der Waals surface area contributed by atoms with Gasteiger partial charge in [-0.25, -0.2) is 4.98 Å². The van der Waals surface area contributed by atoms with Gasteiger partial charge in [0.1, 0.15) is 5.01 Å². The van der Waals surface area contributed by atoms with Gasteiger partial charge in [0.05, 0.1) is 11.2 Å². The van der Waals surface area contributed by atoms with Gasteiger partial charge in [-0.1, -0.05) is 24.3 Å². The predicted molar refractivity (Wildman–Crippen MR) is 78.5 cm³/mol. The Labute approximate surface area is 117 Å². The lowest BCUT2D eigenvalue weighted by Gasteiger charge is -2.33. The molecule has 98 valence electrons. The van der Waals surface area contributed by atoms with Crippen LogP contribution in [0.15, 0.2) is 24.3 Å². The van der Waals surface area contributed by atoms with Crippen molar-refractivity contribution in [3.63, 3.8) is 0 Å². The van der Waals surface area contributed by atoms with Gasteiger partial charge in [0.25, 0.3) is 0 Å². The SMILES string of the molecule is NC1(c2nc3c(s2)CCC3)CCc2ccccc2C1. The van der Waals surface area contributed by atoms with E-state index in [1.165, 1.54) is 39.5 Å². The van der Waals surface area contributed by atoms with E-state index < -0.39 is 0 Å². The number of fused-ring (bicyclic) bond motifs is 2. The standard InChI is InChI=1S/C16H18N2S/c17-16(15-18-13-6-3-7-14(13)19-15)9-8-11-4-1-2-5-12(11)10-16/h1-2,4-5H,3,6-10,17H2. The fourth-order valence-corrected chi connectivity index (χ4v) is 4.62. The van der Waals surface area contributed by atoms with Crippen molar-refractivity contribution in [2.45, 2.75) is 44.1 Å². The molecule has 4 rings (SSSR count). The van der Waals surface area contributed by atoms with Crippen molar-refractivity contribution >= 4 is 11.3 Å². The minimum atomic E-state index is -0.233. The van der Waals surface area contributed by atoms with Crippen molar-refractivity contribution in [3.05, 3.63) is 51.0 Å². The van der Waals surface area contributed by atoms with E-state index in [2.05, 4.69) is 24.3 Å². The van der Waals surface area contributed by atoms with Crippen LogP contribution in [0.3, 0.4) is 0 Å². The van der Waals surface area contributed by atoms with Gasteiger partial charge in [0, 0.05) is 4.88 Å². The van der Waals surface area contributed by atoms with E-state index in [9.17, 15) is 0 Å². The smallest absolute Gasteiger partial charge is 0.113 e. The highest BCUT2D eigenvalue weighted by Crippen LogP contribution is 2.39. The molecule has 0 bridgehead atoms. The van der Waals surface area contributed by atoms with Crippen LogP contribution in [0.2, 0.25) is 0 Å². The quantitative estimate of drug-likeness (QED) is 0.865. The topological polar surface area (TPSA) is 38.9 Å². The van der Waals surface area contributed by atoms with E-state index in [0.717, 1.165) is 25.7 Å². The van der Waals surface area contributed by atoms with Gasteiger partial charge < -0.3 is 5.73 Å². The molecule has 1 aromatic heterocycles. The van der Waals surface area contributed by atoms with E-state index in [0.29, 0.717) is 0 Å². The van der Waals surface area contributed by atoms with Crippen molar-refractivity contribution in [1.82, 2.24) is 4.98 Å². The van der Waals surface area contributed by atoms with Crippen molar-refractivity contribution in [3.8, 4) is 0 Å². The number of hydrogen-bond donors (Lipinski definition) is 1. The molecule has 2 aliphatic rings. The number of aromatic nitrogens is 1. The molecule has 19 heavy (non-hydrogen) atoms. The third-order valence-corrected chi connectivity index (χ3v) is 5.86. The van der Waals surface area contributed by atoms with Crippen LogP contribution >= 0.6 is 11.3 Å². The Bertz CT molecular complexity index is 610. The van der Waals surface area contributed by atoms with E-state index in [1.807, 2.05) is 11.3 Å². The first-order valence-electron chi connectivity index (χ1n) is 7.09. The first kappa shape index (κ1) is 11.6. The molecular weight excluding hydrogens is 252 g/mol. The maximum Gasteiger partial charge on any atom is 0.113 e. The Kier molecular flexibility index (Phi) is 2.54. The molecule has 1 heterocycles. The molecule has 0 amide bonds. The minimum absolute atomic E-state index is 0.233. The molecular formula is C16H18N2S. The summed E-state index contributed by atoms with van der Waals surface area (Å²) in [5.74, 6) is 0. The zero-order valence-electron chi connectivity index (χ0n) is 11.0. The van der Waals surface area contributed by atoms with E-state index in [1.54, 1.807) is 0 Å². The van der Waals surface area contributed by atoms with Gasteiger partial charge >= 0.3 is 0 Å². The molecule has 2 aromatic rings. The molecule has 0 saturated carbocycles. The van der Waals surface area contributed by atoms with Crippen LogP contribution < -0.4 is 5.73 Å². The lowest BCUT2D eigenvalue weighted by atomic mass is 9.79. The summed E-state index contributed by atoms with van der Waals surface area (Å²) in [5, 5.41) is 1.17. The van der Waals surface area contributed by atoms with E-state index in [4.69, 9.17) is 10.7 Å². The van der Waals surface area contributed by atoms with E-state index in [-0.39, 0.29) is 5.54 Å². The fourth-order valence-electron chi connectivity index (χ4n) is 3.35. The first-order valence-corrected chi connectivity index (χ1v) is 7.91. The Balaban J connectivity index is 1.71. The number of rotatable bonds is 1. The molecule has 1 atom stereocenters. The number of benzene rings is 1. The van der Waals surface area contributed by atoms with Crippen LogP contribution in [0.1, 0.15) is 39.5 Å². The summed E-state index contributed by atoms with van der Waals surface area (Å²) < 4.78 is 0. The molecule has 0 fully saturated rings. The summed E-state index contributed by atoms with van der Waals surface area (Å²) in [6.07, 6.45) is 6.68. The lowest BCUT2D eigenvalue weighted by molar-refractivity contribution is 0.383. The van der Waals surface area contributed by atoms with Crippen LogP contribution in [-0.2, 0) is 31.2 Å². The van der Waals surface area contributed by atoms with Gasteiger partial charge in [-0.2, -0.15) is 0 Å². The predicted octanol–water partition coefficient (Wildman–Crippen LogP) is 2.97. The van der Waals surface area contributed by atoms with Crippen LogP contribution in [0.5, 0.6) is 0 Å². The summed E-state index contributed by atoms with van der Waals surface area (Å²) in [7, 11) is 0. The Morgan fingerprint density at radius 2 is 1.95 bits per heavy atom. The Morgan fingerprint density at radius 1 is 1.11 bits per heavy atom. The first-order chi connectivity index (χ1) is 9.24. The van der Waals surface area contributed by atoms with Crippen molar-refractivity contribution in [2.75, 3.05) is 0 Å². The third kappa shape index (κ3) is 1.84. The number of nitrogens with zero attached hydrogens (tertiary/aromatic N) is 1. The molecule has 2 N–H and O–H groups in total. The van der Waals surface area contributed by atoms with Crippen LogP contribution in [-0.4, -0.2) is 4.98 Å². The highest BCUT2D eigenvalue weighted by Gasteiger charge is 2.36. The van der Waals surface area contributed by atoms with Gasteiger partial charge in [-0.3, -0.25) is 0 Å². The van der Waals surface area contributed by atoms with Gasteiger partial charge in [-0.05, 0) is 49.7 Å². The summed E-state index contributed by atoms with van der Waals surface area (Å²) in [6, 6.07) is 8.70. The lowest BCUT2D eigenvalue weighted by Crippen LogP contribution is -2.42. The third-order valence-electron chi connectivity index (χ3n) is 4.49. The summed E-state index contributed by atoms with van der Waals surface area (Å²) in [4.78, 5) is 6.34. The normalized spacial score (nSPS) is 25.1. The van der Waals surface area contributed by atoms with Gasteiger partial charge in [0.2, 0.25) is 0 Å². The van der Waals surface area contributed by atoms with Gasteiger partial charge in [-0.15, -0.1) is 11.3 Å². The molecule has 0 aliphatic heterocycles. The molecule has 0 radical (unpaired) electrons. The van der Waals surface area contributed by atoms with Crippen molar-refractivity contribution in [2.24, 2.45) is 5.73 Å². The highest BCUT2D eigenvalue weighted by molar-refractivity contribution is 7.12. The average Bonchev–Trinajstić information content (AvgIpc) is 2.99. The maximum atomic E-state index is 6.70. The minimum Gasteiger partial charge on any atom is -0.319 e. The van der Waals surface area contributed by atoms with Crippen LogP contribution in [0.25, 0.3) is 0 Å². The Hall–Kier alpha value is -1.19. The molecule has 0 saturated heterocycles. The zero-order chi connectivity index (χ0) is 12.9. The molecule has 0 spiro atoms. The molecule has 2 aliphatic carbocycles. The van der Waals surface area contributed by atoms with E-state index >= 15 is 0 Å². The summed E-state index contributed by atoms with van der Waals surface area (Å²) >= 11 is 1.87.